The van der Waals surface area contributed by atoms with Crippen LogP contribution in [0.5, 0.6) is 11.5 Å². The van der Waals surface area contributed by atoms with E-state index >= 15 is 0 Å². The van der Waals surface area contributed by atoms with E-state index in [2.05, 4.69) is 13.8 Å². The minimum Gasteiger partial charge on any atom is -0.434 e. The molecule has 0 unspecified atom stereocenters. The summed E-state index contributed by atoms with van der Waals surface area (Å²) in [6.45, 7) is 4.55. The Morgan fingerprint density at radius 1 is 0.605 bits per heavy atom. The lowest BCUT2D eigenvalue weighted by atomic mass is 9.83. The number of carbonyl (C=O) groups excluding carboxylic acids is 4. The topological polar surface area (TPSA) is 105 Å². The first-order chi connectivity index (χ1) is 18.5. The minimum atomic E-state index is -1.05. The SMILES string of the molecule is CCCCCCCOC(=O)Oc1ccc2c(c1OC(=O)OCCCCCCC)C(=O)c1ccccc1C2=O. The Morgan fingerprint density at radius 3 is 1.71 bits per heavy atom. The molecular formula is C30H36O8. The quantitative estimate of drug-likeness (QED) is 0.122. The first-order valence-electron chi connectivity index (χ1n) is 13.5. The van der Waals surface area contributed by atoms with Gasteiger partial charge in [0.15, 0.2) is 23.1 Å². The number of fused-ring (bicyclic) bond motifs is 2. The molecular weight excluding hydrogens is 488 g/mol. The van der Waals surface area contributed by atoms with Gasteiger partial charge in [-0.3, -0.25) is 9.59 Å². The second kappa shape index (κ2) is 14.9. The molecule has 1 aliphatic carbocycles. The summed E-state index contributed by atoms with van der Waals surface area (Å²) in [7, 11) is 0. The van der Waals surface area contributed by atoms with Crippen LogP contribution >= 0.6 is 0 Å². The standard InChI is InChI=1S/C30H36O8/c1-3-5-7-9-13-19-35-29(33)37-24-18-17-23-25(27(32)22-16-12-11-15-21(22)26(23)31)28(24)38-30(34)36-20-14-10-8-6-4-2/h11-12,15-18H,3-10,13-14,19-20H2,1-2H3. The van der Waals surface area contributed by atoms with E-state index in [0.717, 1.165) is 51.4 Å². The fourth-order valence-corrected chi connectivity index (χ4v) is 4.27. The highest BCUT2D eigenvalue weighted by molar-refractivity contribution is 6.29. The van der Waals surface area contributed by atoms with Gasteiger partial charge in [0, 0.05) is 16.7 Å². The third-order valence-electron chi connectivity index (χ3n) is 6.32. The lowest BCUT2D eigenvalue weighted by Crippen LogP contribution is -2.24. The Hall–Kier alpha value is -3.68. The molecule has 38 heavy (non-hydrogen) atoms. The summed E-state index contributed by atoms with van der Waals surface area (Å²) in [5.74, 6) is -1.47. The summed E-state index contributed by atoms with van der Waals surface area (Å²) in [4.78, 5) is 51.4. The highest BCUT2D eigenvalue weighted by Gasteiger charge is 2.35. The van der Waals surface area contributed by atoms with E-state index in [-0.39, 0.29) is 47.0 Å². The van der Waals surface area contributed by atoms with E-state index in [0.29, 0.717) is 12.8 Å². The van der Waals surface area contributed by atoms with Gasteiger partial charge in [-0.05, 0) is 25.0 Å². The third kappa shape index (κ3) is 7.66. The molecule has 204 valence electrons. The fraction of sp³-hybridized carbons (Fsp3) is 0.467. The van der Waals surface area contributed by atoms with Crippen molar-refractivity contribution in [3.05, 3.63) is 58.7 Å². The van der Waals surface area contributed by atoms with Crippen molar-refractivity contribution in [3.8, 4) is 11.5 Å². The predicted octanol–water partition coefficient (Wildman–Crippen LogP) is 7.43. The molecule has 0 bridgehead atoms. The van der Waals surface area contributed by atoms with E-state index < -0.39 is 23.9 Å². The molecule has 0 saturated carbocycles. The average Bonchev–Trinajstić information content (AvgIpc) is 2.92. The molecule has 0 spiro atoms. The van der Waals surface area contributed by atoms with Gasteiger partial charge in [0.25, 0.3) is 0 Å². The minimum absolute atomic E-state index is 0.0488. The van der Waals surface area contributed by atoms with Gasteiger partial charge in [-0.1, -0.05) is 89.5 Å². The van der Waals surface area contributed by atoms with Gasteiger partial charge in [0.1, 0.15) is 0 Å². The molecule has 0 radical (unpaired) electrons. The highest BCUT2D eigenvalue weighted by atomic mass is 16.7. The van der Waals surface area contributed by atoms with Crippen molar-refractivity contribution in [1.82, 2.24) is 0 Å². The van der Waals surface area contributed by atoms with Gasteiger partial charge < -0.3 is 18.9 Å². The Kier molecular flexibility index (Phi) is 11.3. The number of unbranched alkanes of at least 4 members (excludes halogenated alkanes) is 8. The van der Waals surface area contributed by atoms with Crippen LogP contribution in [0.2, 0.25) is 0 Å². The molecule has 0 fully saturated rings. The summed E-state index contributed by atoms with van der Waals surface area (Å²) < 4.78 is 21.1. The molecule has 3 rings (SSSR count). The number of benzene rings is 2. The van der Waals surface area contributed by atoms with Gasteiger partial charge in [0.05, 0.1) is 18.8 Å². The monoisotopic (exact) mass is 524 g/mol. The van der Waals surface area contributed by atoms with Crippen molar-refractivity contribution in [1.29, 1.82) is 0 Å². The van der Waals surface area contributed by atoms with Crippen molar-refractivity contribution >= 4 is 23.9 Å². The summed E-state index contributed by atoms with van der Waals surface area (Å²) >= 11 is 0. The van der Waals surface area contributed by atoms with Crippen LogP contribution in [0, 0.1) is 0 Å². The number of rotatable bonds is 14. The number of hydrogen-bond acceptors (Lipinski definition) is 8. The lowest BCUT2D eigenvalue weighted by Gasteiger charge is -2.21. The Labute approximate surface area is 223 Å². The largest absolute Gasteiger partial charge is 0.513 e. The summed E-state index contributed by atoms with van der Waals surface area (Å²) in [6.07, 6.45) is 7.66. The second-order valence-electron chi connectivity index (χ2n) is 9.25. The smallest absolute Gasteiger partial charge is 0.434 e. The zero-order chi connectivity index (χ0) is 27.3. The van der Waals surface area contributed by atoms with Crippen molar-refractivity contribution in [2.75, 3.05) is 13.2 Å². The zero-order valence-electron chi connectivity index (χ0n) is 22.2. The molecule has 0 atom stereocenters. The number of ketones is 2. The van der Waals surface area contributed by atoms with E-state index in [1.807, 2.05) is 0 Å². The van der Waals surface area contributed by atoms with Gasteiger partial charge >= 0.3 is 12.3 Å². The maximum Gasteiger partial charge on any atom is 0.513 e. The Balaban J connectivity index is 1.78. The fourth-order valence-electron chi connectivity index (χ4n) is 4.27. The van der Waals surface area contributed by atoms with Gasteiger partial charge in [0.2, 0.25) is 0 Å². The van der Waals surface area contributed by atoms with Crippen molar-refractivity contribution in [3.63, 3.8) is 0 Å². The lowest BCUT2D eigenvalue weighted by molar-refractivity contribution is 0.0860. The van der Waals surface area contributed by atoms with E-state index in [1.54, 1.807) is 18.2 Å². The Morgan fingerprint density at radius 2 is 1.13 bits per heavy atom. The van der Waals surface area contributed by atoms with Crippen LogP contribution < -0.4 is 9.47 Å². The first-order valence-corrected chi connectivity index (χ1v) is 13.5. The maximum absolute atomic E-state index is 13.4. The van der Waals surface area contributed by atoms with Crippen LogP contribution in [0.4, 0.5) is 9.59 Å². The molecule has 0 heterocycles. The molecule has 0 aromatic heterocycles. The van der Waals surface area contributed by atoms with Crippen molar-refractivity contribution < 1.29 is 38.1 Å². The van der Waals surface area contributed by atoms with Gasteiger partial charge in [-0.25, -0.2) is 9.59 Å². The summed E-state index contributed by atoms with van der Waals surface area (Å²) in [6, 6.07) is 9.09. The van der Waals surface area contributed by atoms with Crippen LogP contribution in [0.25, 0.3) is 0 Å². The molecule has 2 aromatic carbocycles. The van der Waals surface area contributed by atoms with Crippen LogP contribution in [-0.2, 0) is 9.47 Å². The van der Waals surface area contributed by atoms with Crippen LogP contribution in [0.3, 0.4) is 0 Å². The second-order valence-corrected chi connectivity index (χ2v) is 9.25. The molecule has 2 aromatic rings. The maximum atomic E-state index is 13.4. The number of hydrogen-bond donors (Lipinski definition) is 0. The molecule has 0 amide bonds. The number of carbonyl (C=O) groups is 4. The van der Waals surface area contributed by atoms with E-state index in [4.69, 9.17) is 18.9 Å². The van der Waals surface area contributed by atoms with Crippen LogP contribution in [0.15, 0.2) is 36.4 Å². The Bertz CT molecular complexity index is 1140. The van der Waals surface area contributed by atoms with E-state index in [1.165, 1.54) is 18.2 Å². The first kappa shape index (κ1) is 28.9. The van der Waals surface area contributed by atoms with E-state index in [9.17, 15) is 19.2 Å². The predicted molar refractivity (Wildman–Crippen MR) is 141 cm³/mol. The zero-order valence-corrected chi connectivity index (χ0v) is 22.2. The third-order valence-corrected chi connectivity index (χ3v) is 6.32. The van der Waals surface area contributed by atoms with Gasteiger partial charge in [-0.2, -0.15) is 0 Å². The highest BCUT2D eigenvalue weighted by Crippen LogP contribution is 2.40. The normalized spacial score (nSPS) is 11.9. The molecule has 0 aliphatic heterocycles. The number of ether oxygens (including phenoxy) is 4. The molecule has 0 N–H and O–H groups in total. The average molecular weight is 525 g/mol. The molecule has 8 nitrogen and oxygen atoms in total. The summed E-state index contributed by atoms with van der Waals surface area (Å²) in [5, 5.41) is 0. The molecule has 8 heteroatoms. The van der Waals surface area contributed by atoms with Crippen LogP contribution in [0.1, 0.15) is 110 Å². The molecule has 1 aliphatic rings. The molecule has 0 saturated heterocycles. The summed E-state index contributed by atoms with van der Waals surface area (Å²) in [5.41, 5.74) is 0.318. The van der Waals surface area contributed by atoms with Gasteiger partial charge in [-0.15, -0.1) is 0 Å². The van der Waals surface area contributed by atoms with Crippen LogP contribution in [-0.4, -0.2) is 37.1 Å². The van der Waals surface area contributed by atoms with Crippen molar-refractivity contribution in [2.45, 2.75) is 78.1 Å². The van der Waals surface area contributed by atoms with Crippen molar-refractivity contribution in [2.24, 2.45) is 0 Å².